The first-order valence-corrected chi connectivity index (χ1v) is 12.0. The molecule has 0 radical (unpaired) electrons. The standard InChI is InChI=1S/C25H38N6O/c1-20-8-3-4-14-30(20)15-6-16-31-24-18-22(10-11-23(24)28-25(31)26)32-17-7-13-29(2)19-21-9-5-12-27-21/h5,9-12,18,20,27H,3-4,6-8,13-17,19H2,1-2H3,(H2,26,28). The quantitative estimate of drug-likeness (QED) is 0.441. The fourth-order valence-corrected chi connectivity index (χ4v) is 4.73. The first kappa shape index (κ1) is 22.7. The topological polar surface area (TPSA) is 75.3 Å². The van der Waals surface area contributed by atoms with Crippen LogP contribution in [0.4, 0.5) is 5.95 Å². The molecule has 0 bridgehead atoms. The van der Waals surface area contributed by atoms with Crippen molar-refractivity contribution in [3.63, 3.8) is 0 Å². The first-order chi connectivity index (χ1) is 15.6. The molecule has 1 aliphatic heterocycles. The van der Waals surface area contributed by atoms with Crippen molar-refractivity contribution in [1.82, 2.24) is 24.3 Å². The number of hydrogen-bond donors (Lipinski definition) is 2. The number of aromatic amines is 1. The Morgan fingerprint density at radius 2 is 2.12 bits per heavy atom. The van der Waals surface area contributed by atoms with Gasteiger partial charge in [-0.05, 0) is 70.5 Å². The van der Waals surface area contributed by atoms with E-state index in [4.69, 9.17) is 10.5 Å². The summed E-state index contributed by atoms with van der Waals surface area (Å²) in [5.41, 5.74) is 9.49. The molecule has 0 saturated carbocycles. The molecule has 1 atom stereocenters. The van der Waals surface area contributed by atoms with Gasteiger partial charge in [0.1, 0.15) is 5.75 Å². The number of rotatable bonds is 11. The molecule has 3 N–H and O–H groups in total. The van der Waals surface area contributed by atoms with E-state index in [2.05, 4.69) is 50.4 Å². The third-order valence-corrected chi connectivity index (χ3v) is 6.57. The molecule has 0 aliphatic carbocycles. The number of ether oxygens (including phenoxy) is 1. The normalized spacial score (nSPS) is 17.4. The number of nitrogen functional groups attached to an aromatic ring is 1. The summed E-state index contributed by atoms with van der Waals surface area (Å²) in [5.74, 6) is 1.48. The number of aryl methyl sites for hydroxylation is 1. The maximum atomic E-state index is 6.25. The van der Waals surface area contributed by atoms with Crippen LogP contribution in [0.5, 0.6) is 5.75 Å². The second kappa shape index (κ2) is 10.9. The maximum Gasteiger partial charge on any atom is 0.201 e. The van der Waals surface area contributed by atoms with Gasteiger partial charge in [0.15, 0.2) is 0 Å². The monoisotopic (exact) mass is 438 g/mol. The summed E-state index contributed by atoms with van der Waals surface area (Å²) in [7, 11) is 2.14. The van der Waals surface area contributed by atoms with Crippen molar-refractivity contribution in [3.8, 4) is 5.75 Å². The molecule has 4 rings (SSSR count). The van der Waals surface area contributed by atoms with Crippen molar-refractivity contribution in [2.75, 3.05) is 39.0 Å². The van der Waals surface area contributed by atoms with Gasteiger partial charge in [-0.15, -0.1) is 0 Å². The Balaban J connectivity index is 1.28. The van der Waals surface area contributed by atoms with Gasteiger partial charge in [-0.25, -0.2) is 4.98 Å². The van der Waals surface area contributed by atoms with Crippen molar-refractivity contribution in [2.45, 2.75) is 58.2 Å². The van der Waals surface area contributed by atoms with Gasteiger partial charge in [-0.1, -0.05) is 6.42 Å². The average molecular weight is 439 g/mol. The highest BCUT2D eigenvalue weighted by molar-refractivity contribution is 5.79. The van der Waals surface area contributed by atoms with Gasteiger partial charge >= 0.3 is 0 Å². The van der Waals surface area contributed by atoms with Gasteiger partial charge in [0.2, 0.25) is 5.95 Å². The zero-order chi connectivity index (χ0) is 22.3. The minimum absolute atomic E-state index is 0.592. The van der Waals surface area contributed by atoms with E-state index in [0.717, 1.165) is 55.8 Å². The van der Waals surface area contributed by atoms with Gasteiger partial charge in [0.25, 0.3) is 0 Å². The Kier molecular flexibility index (Phi) is 7.71. The summed E-state index contributed by atoms with van der Waals surface area (Å²) >= 11 is 0. The number of fused-ring (bicyclic) bond motifs is 1. The number of hydrogen-bond acceptors (Lipinski definition) is 5. The van der Waals surface area contributed by atoms with E-state index < -0.39 is 0 Å². The number of benzene rings is 1. The first-order valence-electron chi connectivity index (χ1n) is 12.0. The van der Waals surface area contributed by atoms with Gasteiger partial charge in [0.05, 0.1) is 17.6 Å². The highest BCUT2D eigenvalue weighted by Crippen LogP contribution is 2.24. The largest absolute Gasteiger partial charge is 0.493 e. The number of anilines is 1. The van der Waals surface area contributed by atoms with Crippen LogP contribution in [-0.4, -0.2) is 63.7 Å². The second-order valence-electron chi connectivity index (χ2n) is 9.14. The van der Waals surface area contributed by atoms with E-state index in [-0.39, 0.29) is 0 Å². The number of nitrogens with one attached hydrogen (secondary N) is 1. The fourth-order valence-electron chi connectivity index (χ4n) is 4.73. The Hall–Kier alpha value is -2.51. The van der Waals surface area contributed by atoms with E-state index in [1.807, 2.05) is 24.4 Å². The van der Waals surface area contributed by atoms with Crippen LogP contribution >= 0.6 is 0 Å². The predicted molar refractivity (Wildman–Crippen MR) is 131 cm³/mol. The molecule has 0 amide bonds. The van der Waals surface area contributed by atoms with Gasteiger partial charge < -0.3 is 29.8 Å². The Bertz CT molecular complexity index is 966. The molecule has 1 aromatic carbocycles. The van der Waals surface area contributed by atoms with Crippen LogP contribution in [0, 0.1) is 0 Å². The Morgan fingerprint density at radius 3 is 2.94 bits per heavy atom. The molecule has 3 aromatic rings. The summed E-state index contributed by atoms with van der Waals surface area (Å²) in [6, 6.07) is 10.9. The minimum atomic E-state index is 0.592. The van der Waals surface area contributed by atoms with Crippen molar-refractivity contribution in [2.24, 2.45) is 0 Å². The lowest BCUT2D eigenvalue weighted by molar-refractivity contribution is 0.157. The third-order valence-electron chi connectivity index (χ3n) is 6.57. The number of nitrogens with two attached hydrogens (primary N) is 1. The van der Waals surface area contributed by atoms with Gasteiger partial charge in [0, 0.05) is 50.2 Å². The maximum absolute atomic E-state index is 6.25. The van der Waals surface area contributed by atoms with Crippen molar-refractivity contribution in [1.29, 1.82) is 0 Å². The number of likely N-dealkylation sites (tertiary alicyclic amines) is 1. The molecule has 174 valence electrons. The number of H-pyrrole nitrogens is 1. The molecule has 7 nitrogen and oxygen atoms in total. The summed E-state index contributed by atoms with van der Waals surface area (Å²) in [6.45, 7) is 8.18. The minimum Gasteiger partial charge on any atom is -0.493 e. The van der Waals surface area contributed by atoms with Crippen molar-refractivity contribution in [3.05, 3.63) is 42.2 Å². The molecule has 1 unspecified atom stereocenters. The molecular weight excluding hydrogens is 400 g/mol. The van der Waals surface area contributed by atoms with E-state index in [1.54, 1.807) is 0 Å². The van der Waals surface area contributed by atoms with Gasteiger partial charge in [-0.2, -0.15) is 0 Å². The third kappa shape index (κ3) is 5.84. The van der Waals surface area contributed by atoms with Crippen LogP contribution < -0.4 is 10.5 Å². The average Bonchev–Trinajstić information content (AvgIpc) is 3.40. The van der Waals surface area contributed by atoms with Gasteiger partial charge in [-0.3, -0.25) is 0 Å². The SMILES string of the molecule is CC1CCCCN1CCCn1c(N)nc2ccc(OCCCN(C)Cc3ccc[nH]3)cc21. The molecule has 1 fully saturated rings. The van der Waals surface area contributed by atoms with Crippen LogP contribution in [0.1, 0.15) is 44.7 Å². The Labute approximate surface area is 191 Å². The summed E-state index contributed by atoms with van der Waals surface area (Å²) in [6.07, 6.45) is 8.03. The zero-order valence-electron chi connectivity index (χ0n) is 19.6. The number of imidazole rings is 1. The lowest BCUT2D eigenvalue weighted by Crippen LogP contribution is -2.38. The van der Waals surface area contributed by atoms with Crippen LogP contribution in [-0.2, 0) is 13.1 Å². The number of aromatic nitrogens is 3. The fraction of sp³-hybridized carbons (Fsp3) is 0.560. The van der Waals surface area contributed by atoms with Crippen molar-refractivity contribution < 1.29 is 4.74 Å². The van der Waals surface area contributed by atoms with E-state index in [1.165, 1.54) is 31.5 Å². The molecule has 1 saturated heterocycles. The van der Waals surface area contributed by atoms with E-state index in [0.29, 0.717) is 18.6 Å². The Morgan fingerprint density at radius 1 is 1.22 bits per heavy atom. The molecule has 1 aliphatic rings. The number of nitrogens with zero attached hydrogens (tertiary/aromatic N) is 4. The molecule has 3 heterocycles. The lowest BCUT2D eigenvalue weighted by Gasteiger charge is -2.33. The highest BCUT2D eigenvalue weighted by atomic mass is 16.5. The molecule has 2 aromatic heterocycles. The van der Waals surface area contributed by atoms with Crippen LogP contribution in [0.3, 0.4) is 0 Å². The molecular formula is C25H38N6O. The van der Waals surface area contributed by atoms with E-state index >= 15 is 0 Å². The van der Waals surface area contributed by atoms with E-state index in [9.17, 15) is 0 Å². The zero-order valence-corrected chi connectivity index (χ0v) is 19.6. The molecule has 32 heavy (non-hydrogen) atoms. The van der Waals surface area contributed by atoms with Crippen LogP contribution in [0.15, 0.2) is 36.5 Å². The molecule has 7 heteroatoms. The lowest BCUT2D eigenvalue weighted by atomic mass is 10.0. The predicted octanol–water partition coefficient (Wildman–Crippen LogP) is 4.11. The van der Waals surface area contributed by atoms with Crippen LogP contribution in [0.25, 0.3) is 11.0 Å². The summed E-state index contributed by atoms with van der Waals surface area (Å²) < 4.78 is 8.19. The smallest absolute Gasteiger partial charge is 0.201 e. The molecule has 0 spiro atoms. The summed E-state index contributed by atoms with van der Waals surface area (Å²) in [4.78, 5) is 12.7. The number of piperidine rings is 1. The van der Waals surface area contributed by atoms with Crippen LogP contribution in [0.2, 0.25) is 0 Å². The van der Waals surface area contributed by atoms with Crippen molar-refractivity contribution >= 4 is 17.0 Å². The highest BCUT2D eigenvalue weighted by Gasteiger charge is 2.18. The summed E-state index contributed by atoms with van der Waals surface area (Å²) in [5, 5.41) is 0. The second-order valence-corrected chi connectivity index (χ2v) is 9.14.